The van der Waals surface area contributed by atoms with Crippen LogP contribution in [0.2, 0.25) is 0 Å². The monoisotopic (exact) mass is 265 g/mol. The molecule has 3 rings (SSSR count). The summed E-state index contributed by atoms with van der Waals surface area (Å²) < 4.78 is 5.91. The van der Waals surface area contributed by atoms with E-state index in [1.165, 1.54) is 32.1 Å². The third kappa shape index (κ3) is 3.19. The Bertz CT molecular complexity index is 319. The summed E-state index contributed by atoms with van der Waals surface area (Å²) in [5, 5.41) is 3.44. The van der Waals surface area contributed by atoms with E-state index >= 15 is 0 Å². The summed E-state index contributed by atoms with van der Waals surface area (Å²) in [6.07, 6.45) is 10.1. The van der Waals surface area contributed by atoms with Crippen molar-refractivity contribution in [2.75, 3.05) is 19.7 Å². The normalized spacial score (nSPS) is 33.9. The van der Waals surface area contributed by atoms with Gasteiger partial charge in [-0.05, 0) is 70.4 Å². The molecule has 3 heteroatoms. The van der Waals surface area contributed by atoms with Crippen LogP contribution in [0.4, 0.5) is 0 Å². The molecule has 0 bridgehead atoms. The highest BCUT2D eigenvalue weighted by atomic mass is 16.5. The highest BCUT2D eigenvalue weighted by molar-refractivity contribution is 5.81. The summed E-state index contributed by atoms with van der Waals surface area (Å²) in [7, 11) is 0. The van der Waals surface area contributed by atoms with Gasteiger partial charge >= 0.3 is 0 Å². The summed E-state index contributed by atoms with van der Waals surface area (Å²) in [6, 6.07) is 0. The smallest absolute Gasteiger partial charge is 0.136 e. The zero-order valence-corrected chi connectivity index (χ0v) is 12.0. The summed E-state index contributed by atoms with van der Waals surface area (Å²) in [5.41, 5.74) is 0.116. The van der Waals surface area contributed by atoms with Crippen LogP contribution in [0.5, 0.6) is 0 Å². The number of hydrogen-bond donors (Lipinski definition) is 1. The standard InChI is InChI=1S/C16H27NO2/c18-15(5-4-13-3-1-9-17-12-13)14-6-10-19-16(11-14)7-2-8-16/h13-14,17H,1-12H2. The molecule has 1 saturated carbocycles. The molecule has 1 N–H and O–H groups in total. The van der Waals surface area contributed by atoms with Crippen molar-refractivity contribution in [1.82, 2.24) is 5.32 Å². The SMILES string of the molecule is O=C(CCC1CCCNC1)C1CCOC2(CCC2)C1. The zero-order valence-electron chi connectivity index (χ0n) is 12.0. The topological polar surface area (TPSA) is 38.3 Å². The number of piperidine rings is 1. The van der Waals surface area contributed by atoms with E-state index < -0.39 is 0 Å². The highest BCUT2D eigenvalue weighted by Crippen LogP contribution is 2.44. The van der Waals surface area contributed by atoms with Gasteiger partial charge in [0.1, 0.15) is 5.78 Å². The van der Waals surface area contributed by atoms with Gasteiger partial charge in [0, 0.05) is 18.9 Å². The van der Waals surface area contributed by atoms with Crippen LogP contribution in [-0.4, -0.2) is 31.1 Å². The predicted octanol–water partition coefficient (Wildman–Crippen LogP) is 2.68. The van der Waals surface area contributed by atoms with Crippen LogP contribution >= 0.6 is 0 Å². The molecule has 0 radical (unpaired) electrons. The molecule has 3 fully saturated rings. The second kappa shape index (κ2) is 5.92. The summed E-state index contributed by atoms with van der Waals surface area (Å²) in [5.74, 6) is 1.54. The van der Waals surface area contributed by atoms with E-state index in [0.717, 1.165) is 51.3 Å². The van der Waals surface area contributed by atoms with Gasteiger partial charge in [-0.1, -0.05) is 0 Å². The lowest BCUT2D eigenvalue weighted by molar-refractivity contribution is -0.155. The number of rotatable bonds is 4. The van der Waals surface area contributed by atoms with E-state index in [1.54, 1.807) is 0 Å². The Morgan fingerprint density at radius 1 is 1.26 bits per heavy atom. The van der Waals surface area contributed by atoms with Crippen molar-refractivity contribution in [2.24, 2.45) is 11.8 Å². The van der Waals surface area contributed by atoms with Crippen molar-refractivity contribution in [3.8, 4) is 0 Å². The number of Topliss-reactive ketones (excluding diaryl/α,β-unsaturated/α-hetero) is 1. The molecule has 0 aromatic carbocycles. The average molecular weight is 265 g/mol. The first-order chi connectivity index (χ1) is 9.27. The maximum atomic E-state index is 12.4. The van der Waals surface area contributed by atoms with E-state index in [0.29, 0.717) is 11.7 Å². The molecule has 2 aliphatic heterocycles. The molecule has 2 atom stereocenters. The van der Waals surface area contributed by atoms with E-state index in [1.807, 2.05) is 0 Å². The van der Waals surface area contributed by atoms with Crippen LogP contribution in [0.25, 0.3) is 0 Å². The zero-order chi connectivity index (χ0) is 13.1. The highest BCUT2D eigenvalue weighted by Gasteiger charge is 2.44. The molecule has 0 aromatic rings. The van der Waals surface area contributed by atoms with Crippen LogP contribution < -0.4 is 5.32 Å². The number of ketones is 1. The summed E-state index contributed by atoms with van der Waals surface area (Å²) in [4.78, 5) is 12.4. The van der Waals surface area contributed by atoms with E-state index in [9.17, 15) is 4.79 Å². The molecule has 2 unspecified atom stereocenters. The molecule has 1 spiro atoms. The second-order valence-electron chi connectivity index (χ2n) is 6.79. The fourth-order valence-corrected chi connectivity index (χ4v) is 3.94. The molecule has 2 saturated heterocycles. The lowest BCUT2D eigenvalue weighted by Crippen LogP contribution is -2.47. The van der Waals surface area contributed by atoms with Crippen LogP contribution in [0.3, 0.4) is 0 Å². The predicted molar refractivity (Wildman–Crippen MR) is 75.1 cm³/mol. The van der Waals surface area contributed by atoms with E-state index in [4.69, 9.17) is 4.74 Å². The average Bonchev–Trinajstić information content (AvgIpc) is 2.44. The van der Waals surface area contributed by atoms with Crippen LogP contribution in [0, 0.1) is 11.8 Å². The first-order valence-corrected chi connectivity index (χ1v) is 8.15. The van der Waals surface area contributed by atoms with Gasteiger partial charge in [-0.25, -0.2) is 0 Å². The minimum atomic E-state index is 0.116. The molecule has 1 aliphatic carbocycles. The first-order valence-electron chi connectivity index (χ1n) is 8.15. The lowest BCUT2D eigenvalue weighted by atomic mass is 9.70. The largest absolute Gasteiger partial charge is 0.375 e. The van der Waals surface area contributed by atoms with Gasteiger partial charge in [0.25, 0.3) is 0 Å². The Hall–Kier alpha value is -0.410. The Kier molecular flexibility index (Phi) is 4.23. The third-order valence-corrected chi connectivity index (χ3v) is 5.41. The molecular formula is C16H27NO2. The van der Waals surface area contributed by atoms with Gasteiger partial charge in [-0.2, -0.15) is 0 Å². The number of carbonyl (C=O) groups is 1. The Balaban J connectivity index is 1.44. The number of ether oxygens (including phenoxy) is 1. The number of carbonyl (C=O) groups excluding carboxylic acids is 1. The van der Waals surface area contributed by atoms with Gasteiger partial charge in [0.15, 0.2) is 0 Å². The Morgan fingerprint density at radius 2 is 2.16 bits per heavy atom. The van der Waals surface area contributed by atoms with Crippen molar-refractivity contribution in [1.29, 1.82) is 0 Å². The molecule has 108 valence electrons. The Morgan fingerprint density at radius 3 is 2.84 bits per heavy atom. The second-order valence-corrected chi connectivity index (χ2v) is 6.79. The minimum absolute atomic E-state index is 0.116. The summed E-state index contributed by atoms with van der Waals surface area (Å²) >= 11 is 0. The fraction of sp³-hybridized carbons (Fsp3) is 0.938. The molecule has 2 heterocycles. The van der Waals surface area contributed by atoms with Gasteiger partial charge in [-0.15, -0.1) is 0 Å². The quantitative estimate of drug-likeness (QED) is 0.849. The molecule has 3 aliphatic rings. The van der Waals surface area contributed by atoms with Crippen molar-refractivity contribution in [3.63, 3.8) is 0 Å². The van der Waals surface area contributed by atoms with Gasteiger partial charge in [0.2, 0.25) is 0 Å². The molecule has 19 heavy (non-hydrogen) atoms. The maximum Gasteiger partial charge on any atom is 0.136 e. The maximum absolute atomic E-state index is 12.4. The van der Waals surface area contributed by atoms with Crippen molar-refractivity contribution >= 4 is 5.78 Å². The fourth-order valence-electron chi connectivity index (χ4n) is 3.94. The molecular weight excluding hydrogens is 238 g/mol. The van der Waals surface area contributed by atoms with Gasteiger partial charge in [0.05, 0.1) is 5.60 Å². The third-order valence-electron chi connectivity index (χ3n) is 5.41. The minimum Gasteiger partial charge on any atom is -0.375 e. The van der Waals surface area contributed by atoms with E-state index in [-0.39, 0.29) is 5.60 Å². The molecule has 0 aromatic heterocycles. The van der Waals surface area contributed by atoms with Crippen LogP contribution in [-0.2, 0) is 9.53 Å². The van der Waals surface area contributed by atoms with Gasteiger partial charge < -0.3 is 10.1 Å². The molecule has 0 amide bonds. The molecule has 3 nitrogen and oxygen atoms in total. The number of nitrogens with one attached hydrogen (secondary N) is 1. The Labute approximate surface area is 116 Å². The summed E-state index contributed by atoms with van der Waals surface area (Å²) in [6.45, 7) is 3.08. The number of hydrogen-bond acceptors (Lipinski definition) is 3. The van der Waals surface area contributed by atoms with Crippen molar-refractivity contribution in [2.45, 2.75) is 63.4 Å². The lowest BCUT2D eigenvalue weighted by Gasteiger charge is -2.47. The van der Waals surface area contributed by atoms with Gasteiger partial charge in [-0.3, -0.25) is 4.79 Å². The first kappa shape index (κ1) is 13.6. The van der Waals surface area contributed by atoms with Crippen molar-refractivity contribution in [3.05, 3.63) is 0 Å². The van der Waals surface area contributed by atoms with Crippen molar-refractivity contribution < 1.29 is 9.53 Å². The van der Waals surface area contributed by atoms with Crippen LogP contribution in [0.15, 0.2) is 0 Å². The van der Waals surface area contributed by atoms with Crippen LogP contribution in [0.1, 0.15) is 57.8 Å². The van der Waals surface area contributed by atoms with E-state index in [2.05, 4.69) is 5.32 Å².